The highest BCUT2D eigenvalue weighted by Gasteiger charge is 2.35. The molecule has 1 aromatic heterocycles. The normalized spacial score (nSPS) is 15.1. The zero-order valence-corrected chi connectivity index (χ0v) is 8.79. The van der Waals surface area contributed by atoms with E-state index in [2.05, 4.69) is 15.3 Å². The standard InChI is InChI=1S/C10H11N3O2/c1-10(2,3)7-5-6(11-4-12-7)9(15)13-8(5)14/h4H,1-3H3,(H,13,14,15). The van der Waals surface area contributed by atoms with Crippen molar-refractivity contribution in [1.82, 2.24) is 15.3 Å². The van der Waals surface area contributed by atoms with Gasteiger partial charge in [-0.1, -0.05) is 20.8 Å². The van der Waals surface area contributed by atoms with E-state index in [4.69, 9.17) is 0 Å². The fourth-order valence-corrected chi connectivity index (χ4v) is 1.57. The van der Waals surface area contributed by atoms with E-state index in [1.807, 2.05) is 20.8 Å². The number of hydrogen-bond acceptors (Lipinski definition) is 4. The van der Waals surface area contributed by atoms with Crippen LogP contribution in [0.4, 0.5) is 0 Å². The molecule has 0 unspecified atom stereocenters. The van der Waals surface area contributed by atoms with Crippen molar-refractivity contribution in [2.75, 3.05) is 0 Å². The van der Waals surface area contributed by atoms with Crippen LogP contribution in [-0.4, -0.2) is 21.8 Å². The highest BCUT2D eigenvalue weighted by Crippen LogP contribution is 2.26. The van der Waals surface area contributed by atoms with Gasteiger partial charge in [-0.15, -0.1) is 0 Å². The van der Waals surface area contributed by atoms with Gasteiger partial charge < -0.3 is 0 Å². The second-order valence-electron chi connectivity index (χ2n) is 4.48. The van der Waals surface area contributed by atoms with Crippen LogP contribution in [-0.2, 0) is 5.41 Å². The Bertz CT molecular complexity index is 460. The van der Waals surface area contributed by atoms with Gasteiger partial charge in [0.2, 0.25) is 0 Å². The molecule has 2 rings (SSSR count). The predicted molar refractivity (Wildman–Crippen MR) is 52.5 cm³/mol. The van der Waals surface area contributed by atoms with Gasteiger partial charge in [-0.3, -0.25) is 14.9 Å². The lowest BCUT2D eigenvalue weighted by molar-refractivity contribution is 0.0877. The summed E-state index contributed by atoms with van der Waals surface area (Å²) in [5.74, 6) is -0.844. The first-order chi connectivity index (χ1) is 6.91. The van der Waals surface area contributed by atoms with Gasteiger partial charge in [-0.25, -0.2) is 9.97 Å². The summed E-state index contributed by atoms with van der Waals surface area (Å²) in [5.41, 5.74) is 0.820. The number of rotatable bonds is 0. The van der Waals surface area contributed by atoms with Gasteiger partial charge in [0, 0.05) is 5.41 Å². The van der Waals surface area contributed by atoms with E-state index in [0.29, 0.717) is 11.3 Å². The third kappa shape index (κ3) is 1.40. The number of nitrogens with one attached hydrogen (secondary N) is 1. The van der Waals surface area contributed by atoms with Crippen LogP contribution in [0, 0.1) is 0 Å². The van der Waals surface area contributed by atoms with Crippen molar-refractivity contribution >= 4 is 11.8 Å². The van der Waals surface area contributed by atoms with Crippen molar-refractivity contribution < 1.29 is 9.59 Å². The molecule has 0 bridgehead atoms. The molecule has 1 aliphatic rings. The number of imide groups is 1. The molecule has 0 saturated heterocycles. The van der Waals surface area contributed by atoms with Crippen LogP contribution in [0.25, 0.3) is 0 Å². The quantitative estimate of drug-likeness (QED) is 0.631. The molecule has 15 heavy (non-hydrogen) atoms. The van der Waals surface area contributed by atoms with Crippen LogP contribution < -0.4 is 5.32 Å². The second kappa shape index (κ2) is 2.85. The molecule has 0 radical (unpaired) electrons. The van der Waals surface area contributed by atoms with Crippen LogP contribution in [0.3, 0.4) is 0 Å². The maximum absolute atomic E-state index is 11.5. The van der Waals surface area contributed by atoms with Crippen molar-refractivity contribution in [3.63, 3.8) is 0 Å². The molecule has 0 saturated carbocycles. The molecule has 2 amide bonds. The third-order valence-electron chi connectivity index (χ3n) is 2.23. The van der Waals surface area contributed by atoms with Gasteiger partial charge in [0.15, 0.2) is 0 Å². The minimum Gasteiger partial charge on any atom is -0.287 e. The Labute approximate surface area is 86.9 Å². The summed E-state index contributed by atoms with van der Waals surface area (Å²) in [5, 5.41) is 2.21. The summed E-state index contributed by atoms with van der Waals surface area (Å²) < 4.78 is 0. The first-order valence-corrected chi connectivity index (χ1v) is 4.62. The summed E-state index contributed by atoms with van der Waals surface area (Å²) in [4.78, 5) is 30.8. The molecule has 0 aromatic carbocycles. The minimum atomic E-state index is -0.442. The van der Waals surface area contributed by atoms with Crippen LogP contribution in [0.2, 0.25) is 0 Å². The number of fused-ring (bicyclic) bond motifs is 1. The summed E-state index contributed by atoms with van der Waals surface area (Å²) in [6.07, 6.45) is 1.32. The van der Waals surface area contributed by atoms with Crippen LogP contribution >= 0.6 is 0 Å². The molecular weight excluding hydrogens is 194 g/mol. The van der Waals surface area contributed by atoms with Gasteiger partial charge in [0.05, 0.1) is 11.3 Å². The molecule has 1 aromatic rings. The number of hydrogen-bond donors (Lipinski definition) is 1. The molecule has 1 N–H and O–H groups in total. The van der Waals surface area contributed by atoms with E-state index in [1.54, 1.807) is 0 Å². The Morgan fingerprint density at radius 3 is 2.40 bits per heavy atom. The largest absolute Gasteiger partial charge is 0.287 e. The number of carbonyl (C=O) groups excluding carboxylic acids is 2. The van der Waals surface area contributed by atoms with Crippen molar-refractivity contribution in [1.29, 1.82) is 0 Å². The van der Waals surface area contributed by atoms with Gasteiger partial charge in [-0.05, 0) is 0 Å². The number of carbonyl (C=O) groups is 2. The Hall–Kier alpha value is -1.78. The van der Waals surface area contributed by atoms with Gasteiger partial charge >= 0.3 is 0 Å². The van der Waals surface area contributed by atoms with Crippen LogP contribution in [0.15, 0.2) is 6.33 Å². The topological polar surface area (TPSA) is 72.0 Å². The molecule has 0 fully saturated rings. The Morgan fingerprint density at radius 2 is 1.80 bits per heavy atom. The molecule has 1 aliphatic heterocycles. The summed E-state index contributed by atoms with van der Waals surface area (Å²) in [7, 11) is 0. The lowest BCUT2D eigenvalue weighted by Crippen LogP contribution is -2.22. The molecule has 5 heteroatoms. The van der Waals surface area contributed by atoms with Crippen molar-refractivity contribution in [2.24, 2.45) is 0 Å². The Kier molecular flexibility index (Phi) is 1.86. The SMILES string of the molecule is CC(C)(C)c1ncnc2c1C(=O)NC2=O. The minimum absolute atomic E-state index is 0.180. The van der Waals surface area contributed by atoms with Crippen LogP contribution in [0.1, 0.15) is 47.3 Å². The Balaban J connectivity index is 2.71. The molecule has 0 atom stereocenters. The molecule has 78 valence electrons. The maximum atomic E-state index is 11.5. The lowest BCUT2D eigenvalue weighted by atomic mass is 9.88. The molecule has 0 spiro atoms. The summed E-state index contributed by atoms with van der Waals surface area (Å²) >= 11 is 0. The van der Waals surface area contributed by atoms with E-state index in [0.717, 1.165) is 0 Å². The summed E-state index contributed by atoms with van der Waals surface area (Å²) in [6, 6.07) is 0. The average molecular weight is 205 g/mol. The summed E-state index contributed by atoms with van der Waals surface area (Å²) in [6.45, 7) is 5.81. The zero-order valence-electron chi connectivity index (χ0n) is 8.79. The smallest absolute Gasteiger partial charge is 0.277 e. The van der Waals surface area contributed by atoms with Gasteiger partial charge in [0.25, 0.3) is 11.8 Å². The van der Waals surface area contributed by atoms with Crippen molar-refractivity contribution in [2.45, 2.75) is 26.2 Å². The van der Waals surface area contributed by atoms with E-state index >= 15 is 0 Å². The molecular formula is C10H11N3O2. The zero-order chi connectivity index (χ0) is 11.2. The third-order valence-corrected chi connectivity index (χ3v) is 2.23. The van der Waals surface area contributed by atoms with Gasteiger partial charge in [-0.2, -0.15) is 0 Å². The highest BCUT2D eigenvalue weighted by molar-refractivity contribution is 6.21. The predicted octanol–water partition coefficient (Wildman–Crippen LogP) is 0.658. The number of amides is 2. The molecule has 2 heterocycles. The maximum Gasteiger partial charge on any atom is 0.277 e. The molecule has 5 nitrogen and oxygen atoms in total. The second-order valence-corrected chi connectivity index (χ2v) is 4.48. The average Bonchev–Trinajstić information content (AvgIpc) is 2.41. The fourth-order valence-electron chi connectivity index (χ4n) is 1.57. The first kappa shape index (κ1) is 9.76. The van der Waals surface area contributed by atoms with Crippen molar-refractivity contribution in [3.05, 3.63) is 23.3 Å². The monoisotopic (exact) mass is 205 g/mol. The van der Waals surface area contributed by atoms with E-state index in [-0.39, 0.29) is 11.1 Å². The Morgan fingerprint density at radius 1 is 1.13 bits per heavy atom. The molecule has 0 aliphatic carbocycles. The van der Waals surface area contributed by atoms with E-state index < -0.39 is 11.8 Å². The van der Waals surface area contributed by atoms with E-state index in [9.17, 15) is 9.59 Å². The lowest BCUT2D eigenvalue weighted by Gasteiger charge is -2.18. The van der Waals surface area contributed by atoms with Crippen LogP contribution in [0.5, 0.6) is 0 Å². The highest BCUT2D eigenvalue weighted by atomic mass is 16.2. The van der Waals surface area contributed by atoms with Crippen molar-refractivity contribution in [3.8, 4) is 0 Å². The fraction of sp³-hybridized carbons (Fsp3) is 0.400. The first-order valence-electron chi connectivity index (χ1n) is 4.62. The number of aromatic nitrogens is 2. The number of nitrogens with zero attached hydrogens (tertiary/aromatic N) is 2. The van der Waals surface area contributed by atoms with E-state index in [1.165, 1.54) is 6.33 Å². The van der Waals surface area contributed by atoms with Gasteiger partial charge in [0.1, 0.15) is 12.0 Å².